The van der Waals surface area contributed by atoms with Crippen molar-refractivity contribution in [3.8, 4) is 0 Å². The van der Waals surface area contributed by atoms with Crippen LogP contribution in [0.5, 0.6) is 0 Å². The third-order valence-electron chi connectivity index (χ3n) is 5.44. The second kappa shape index (κ2) is 8.16. The van der Waals surface area contributed by atoms with E-state index in [-0.39, 0.29) is 5.92 Å². The molecule has 0 amide bonds. The lowest BCUT2D eigenvalue weighted by molar-refractivity contribution is -0.137. The van der Waals surface area contributed by atoms with Gasteiger partial charge in [-0.05, 0) is 62.3 Å². The van der Waals surface area contributed by atoms with Gasteiger partial charge in [0.2, 0.25) is 0 Å². The summed E-state index contributed by atoms with van der Waals surface area (Å²) in [6, 6.07) is 14.2. The van der Waals surface area contributed by atoms with Crippen LogP contribution >= 0.6 is 0 Å². The zero-order chi connectivity index (χ0) is 19.4. The van der Waals surface area contributed by atoms with Gasteiger partial charge in [0.25, 0.3) is 0 Å². The van der Waals surface area contributed by atoms with E-state index in [1.165, 1.54) is 34.4 Å². The average Bonchev–Trinajstić information content (AvgIpc) is 2.77. The van der Waals surface area contributed by atoms with Crippen LogP contribution in [0.25, 0.3) is 0 Å². The lowest BCUT2D eigenvalue weighted by atomic mass is 9.81. The van der Waals surface area contributed by atoms with Crippen LogP contribution in [0.3, 0.4) is 0 Å². The molecule has 0 aliphatic heterocycles. The molecule has 1 aliphatic carbocycles. The summed E-state index contributed by atoms with van der Waals surface area (Å²) in [7, 11) is 0. The van der Waals surface area contributed by atoms with Crippen LogP contribution in [0.15, 0.2) is 71.8 Å². The Hall–Kier alpha value is -2.29. The predicted molar refractivity (Wildman–Crippen MR) is 105 cm³/mol. The summed E-state index contributed by atoms with van der Waals surface area (Å²) in [6.07, 6.45) is 3.30. The molecule has 0 fully saturated rings. The first-order valence-electron chi connectivity index (χ1n) is 9.43. The molecule has 0 radical (unpaired) electrons. The van der Waals surface area contributed by atoms with E-state index in [0.29, 0.717) is 6.42 Å². The van der Waals surface area contributed by atoms with Crippen LogP contribution in [0.2, 0.25) is 0 Å². The molecule has 142 valence electrons. The molecular weight excluding hydrogens is 345 g/mol. The number of rotatable bonds is 4. The van der Waals surface area contributed by atoms with Crippen LogP contribution in [-0.4, -0.2) is 0 Å². The summed E-state index contributed by atoms with van der Waals surface area (Å²) in [4.78, 5) is 0. The Morgan fingerprint density at radius 2 is 1.81 bits per heavy atom. The summed E-state index contributed by atoms with van der Waals surface area (Å²) in [5.74, 6) is 0.114. The minimum atomic E-state index is -4.31. The molecule has 3 rings (SSSR count). The molecule has 27 heavy (non-hydrogen) atoms. The van der Waals surface area contributed by atoms with Crippen molar-refractivity contribution in [1.29, 1.82) is 0 Å². The molecule has 0 saturated carbocycles. The van der Waals surface area contributed by atoms with E-state index in [1.54, 1.807) is 0 Å². The number of halogens is 3. The van der Waals surface area contributed by atoms with Gasteiger partial charge in [-0.1, -0.05) is 65.8 Å². The van der Waals surface area contributed by atoms with Crippen LogP contribution in [0.4, 0.5) is 13.2 Å². The van der Waals surface area contributed by atoms with Crippen molar-refractivity contribution < 1.29 is 13.2 Å². The summed E-state index contributed by atoms with van der Waals surface area (Å²) >= 11 is 0. The van der Waals surface area contributed by atoms with Crippen LogP contribution in [-0.2, 0) is 19.0 Å². The fourth-order valence-corrected chi connectivity index (χ4v) is 3.97. The van der Waals surface area contributed by atoms with Gasteiger partial charge in [-0.3, -0.25) is 0 Å². The van der Waals surface area contributed by atoms with Gasteiger partial charge in [0.15, 0.2) is 0 Å². The van der Waals surface area contributed by atoms with Crippen molar-refractivity contribution in [3.05, 3.63) is 94.1 Å². The van der Waals surface area contributed by atoms with Gasteiger partial charge < -0.3 is 0 Å². The average molecular weight is 370 g/mol. The minimum Gasteiger partial charge on any atom is -0.166 e. The summed E-state index contributed by atoms with van der Waals surface area (Å²) in [6.45, 7) is 4.17. The minimum absolute atomic E-state index is 0.114. The topological polar surface area (TPSA) is 0 Å². The van der Waals surface area contributed by atoms with E-state index in [9.17, 15) is 13.2 Å². The first-order valence-corrected chi connectivity index (χ1v) is 9.43. The van der Waals surface area contributed by atoms with Crippen LogP contribution in [0, 0.1) is 0 Å². The molecule has 0 bridgehead atoms. The monoisotopic (exact) mass is 370 g/mol. The highest BCUT2D eigenvalue weighted by Crippen LogP contribution is 2.39. The normalized spacial score (nSPS) is 17.9. The Bertz CT molecular complexity index is 856. The van der Waals surface area contributed by atoms with Gasteiger partial charge in [-0.25, -0.2) is 0 Å². The largest absolute Gasteiger partial charge is 0.416 e. The Kier molecular flexibility index (Phi) is 5.88. The van der Waals surface area contributed by atoms with Crippen LogP contribution in [0.1, 0.15) is 54.9 Å². The Morgan fingerprint density at radius 1 is 1.04 bits per heavy atom. The zero-order valence-electron chi connectivity index (χ0n) is 15.8. The molecule has 1 unspecified atom stereocenters. The summed E-state index contributed by atoms with van der Waals surface area (Å²) in [5.41, 5.74) is 5.43. The van der Waals surface area contributed by atoms with Crippen molar-refractivity contribution >= 4 is 0 Å². The van der Waals surface area contributed by atoms with E-state index >= 15 is 0 Å². The van der Waals surface area contributed by atoms with E-state index in [2.05, 4.69) is 25.1 Å². The van der Waals surface area contributed by atoms with Crippen molar-refractivity contribution in [3.63, 3.8) is 0 Å². The lowest BCUT2D eigenvalue weighted by Gasteiger charge is -2.23. The Morgan fingerprint density at radius 3 is 2.56 bits per heavy atom. The second-order valence-electron chi connectivity index (χ2n) is 7.23. The zero-order valence-corrected chi connectivity index (χ0v) is 15.8. The highest BCUT2D eigenvalue weighted by atomic mass is 19.4. The number of hydrogen-bond acceptors (Lipinski definition) is 0. The molecule has 0 heterocycles. The molecule has 0 spiro atoms. The standard InChI is InChI=1S/C24H25F3/c1-3-4-11-21-17(2)13-14-19-9-5-6-12-22(19)23(21)16-18-8-7-10-20(15-18)24(25,26)27/h3-10,12,15,23H,11,13-14,16H2,1-2H3/b4-3-. The number of hydrogen-bond donors (Lipinski definition) is 0. The van der Waals surface area contributed by atoms with E-state index in [0.717, 1.165) is 30.9 Å². The van der Waals surface area contributed by atoms with Gasteiger partial charge in [0, 0.05) is 5.92 Å². The van der Waals surface area contributed by atoms with E-state index in [4.69, 9.17) is 0 Å². The predicted octanol–water partition coefficient (Wildman–Crippen LogP) is 7.26. The lowest BCUT2D eigenvalue weighted by Crippen LogP contribution is -2.10. The summed E-state index contributed by atoms with van der Waals surface area (Å²) in [5, 5.41) is 0. The molecule has 1 atom stereocenters. The highest BCUT2D eigenvalue weighted by molar-refractivity contribution is 5.43. The van der Waals surface area contributed by atoms with Crippen molar-refractivity contribution in [2.24, 2.45) is 0 Å². The molecule has 0 saturated heterocycles. The molecule has 2 aromatic rings. The molecule has 1 aliphatic rings. The molecule has 0 nitrogen and oxygen atoms in total. The second-order valence-corrected chi connectivity index (χ2v) is 7.23. The molecular formula is C24H25F3. The number of alkyl halides is 3. The van der Waals surface area contributed by atoms with Crippen LogP contribution < -0.4 is 0 Å². The number of allylic oxidation sites excluding steroid dienone is 4. The first kappa shape index (κ1) is 19.5. The maximum absolute atomic E-state index is 13.1. The molecule has 2 aromatic carbocycles. The van der Waals surface area contributed by atoms with Gasteiger partial charge in [0.05, 0.1) is 5.56 Å². The van der Waals surface area contributed by atoms with Gasteiger partial charge in [-0.15, -0.1) is 0 Å². The third-order valence-corrected chi connectivity index (χ3v) is 5.44. The number of benzene rings is 2. The van der Waals surface area contributed by atoms with E-state index < -0.39 is 11.7 Å². The number of fused-ring (bicyclic) bond motifs is 1. The van der Waals surface area contributed by atoms with Gasteiger partial charge in [-0.2, -0.15) is 13.2 Å². The maximum atomic E-state index is 13.1. The van der Waals surface area contributed by atoms with Crippen molar-refractivity contribution in [1.82, 2.24) is 0 Å². The quantitative estimate of drug-likeness (QED) is 0.497. The maximum Gasteiger partial charge on any atom is 0.416 e. The Labute approximate surface area is 159 Å². The third kappa shape index (κ3) is 4.52. The summed E-state index contributed by atoms with van der Waals surface area (Å²) < 4.78 is 39.4. The van der Waals surface area contributed by atoms with Gasteiger partial charge >= 0.3 is 6.18 Å². The molecule has 3 heteroatoms. The SMILES string of the molecule is C/C=C\CC1=C(C)CCc2ccccc2C1Cc1cccc(C(F)(F)F)c1. The fraction of sp³-hybridized carbons (Fsp3) is 0.333. The first-order chi connectivity index (χ1) is 12.9. The van der Waals surface area contributed by atoms with E-state index in [1.807, 2.05) is 31.2 Å². The van der Waals surface area contributed by atoms with Crippen molar-refractivity contribution in [2.45, 2.75) is 51.6 Å². The molecule has 0 N–H and O–H groups in total. The highest BCUT2D eigenvalue weighted by Gasteiger charge is 2.31. The smallest absolute Gasteiger partial charge is 0.166 e. The number of aryl methyl sites for hydroxylation is 1. The fourth-order valence-electron chi connectivity index (χ4n) is 3.97. The molecule has 0 aromatic heterocycles. The van der Waals surface area contributed by atoms with Gasteiger partial charge in [0.1, 0.15) is 0 Å². The Balaban J connectivity index is 2.04. The van der Waals surface area contributed by atoms with Crippen molar-refractivity contribution in [2.75, 3.05) is 0 Å².